The minimum absolute atomic E-state index is 0. The molecule has 1 amide bonds. The van der Waals surface area contributed by atoms with Crippen LogP contribution in [0.5, 0.6) is 5.75 Å². The molecule has 1 aliphatic heterocycles. The summed E-state index contributed by atoms with van der Waals surface area (Å²) in [7, 11) is 0.607. The lowest BCUT2D eigenvalue weighted by Crippen LogP contribution is -2.33. The fourth-order valence-electron chi connectivity index (χ4n) is 3.86. The van der Waals surface area contributed by atoms with Crippen LogP contribution in [0.25, 0.3) is 0 Å². The van der Waals surface area contributed by atoms with E-state index in [0.717, 1.165) is 17.1 Å². The lowest BCUT2D eigenvalue weighted by molar-refractivity contribution is 0.0779. The largest absolute Gasteiger partial charge is 0.495 e. The smallest absolute Gasteiger partial charge is 0.253 e. The topological polar surface area (TPSA) is 92.9 Å². The Balaban J connectivity index is 0.00000243. The maximum absolute atomic E-state index is 12.9. The molecule has 3 atom stereocenters. The normalized spacial score (nSPS) is 25.1. The number of sulfonamides is 1. The third-order valence-electron chi connectivity index (χ3n) is 5.37. The Labute approximate surface area is 160 Å². The van der Waals surface area contributed by atoms with Crippen LogP contribution in [0.2, 0.25) is 0 Å². The Morgan fingerprint density at radius 1 is 1.27 bits per heavy atom. The summed E-state index contributed by atoms with van der Waals surface area (Å²) in [6.07, 6.45) is 2.07. The van der Waals surface area contributed by atoms with Crippen molar-refractivity contribution in [1.82, 2.24) is 9.21 Å². The van der Waals surface area contributed by atoms with E-state index < -0.39 is 10.0 Å². The standard InChI is InChI=1S/C17H25N3O4S.ClH/c1-19(2)25(22,23)16-8-11(5-7-15(16)24-3)17(21)20-9-12-4-6-14(18)13(12)10-20;/h5,7-8,12-14H,4,6,9-10,18H2,1-3H3;1H. The minimum atomic E-state index is -3.71. The van der Waals surface area contributed by atoms with Crippen LogP contribution >= 0.6 is 12.4 Å². The van der Waals surface area contributed by atoms with Gasteiger partial charge in [0.15, 0.2) is 0 Å². The number of nitrogens with zero attached hydrogens (tertiary/aromatic N) is 2. The Hall–Kier alpha value is -1.35. The molecule has 0 radical (unpaired) electrons. The highest BCUT2D eigenvalue weighted by atomic mass is 35.5. The van der Waals surface area contributed by atoms with Crippen LogP contribution < -0.4 is 10.5 Å². The molecule has 2 fully saturated rings. The van der Waals surface area contributed by atoms with Crippen molar-refractivity contribution in [3.8, 4) is 5.75 Å². The van der Waals surface area contributed by atoms with Crippen LogP contribution in [0.4, 0.5) is 0 Å². The van der Waals surface area contributed by atoms with Crippen LogP contribution in [0, 0.1) is 11.8 Å². The molecule has 0 aromatic heterocycles. The molecule has 1 aromatic carbocycles. The zero-order chi connectivity index (χ0) is 18.4. The Morgan fingerprint density at radius 3 is 2.54 bits per heavy atom. The quantitative estimate of drug-likeness (QED) is 0.814. The molecule has 1 saturated heterocycles. The first-order valence-corrected chi connectivity index (χ1v) is 9.85. The van der Waals surface area contributed by atoms with Crippen molar-refractivity contribution < 1.29 is 17.9 Å². The number of benzene rings is 1. The summed E-state index contributed by atoms with van der Waals surface area (Å²) >= 11 is 0. The Bertz CT molecular complexity index is 784. The van der Waals surface area contributed by atoms with E-state index in [0.29, 0.717) is 30.5 Å². The number of ether oxygens (including phenoxy) is 1. The summed E-state index contributed by atoms with van der Waals surface area (Å²) in [5, 5.41) is 0. The highest BCUT2D eigenvalue weighted by Crippen LogP contribution is 2.38. The van der Waals surface area contributed by atoms with Crippen molar-refractivity contribution in [2.45, 2.75) is 23.8 Å². The number of carbonyl (C=O) groups is 1. The van der Waals surface area contributed by atoms with Gasteiger partial charge in [-0.1, -0.05) is 0 Å². The second kappa shape index (κ2) is 7.72. The molecule has 2 aliphatic rings. The van der Waals surface area contributed by atoms with E-state index in [1.54, 1.807) is 11.0 Å². The molecule has 26 heavy (non-hydrogen) atoms. The van der Waals surface area contributed by atoms with Gasteiger partial charge in [-0.3, -0.25) is 4.79 Å². The third kappa shape index (κ3) is 3.55. The van der Waals surface area contributed by atoms with E-state index in [-0.39, 0.29) is 35.0 Å². The number of fused-ring (bicyclic) bond motifs is 1. The van der Waals surface area contributed by atoms with Crippen molar-refractivity contribution in [2.75, 3.05) is 34.3 Å². The van der Waals surface area contributed by atoms with Gasteiger partial charge in [-0.25, -0.2) is 12.7 Å². The van der Waals surface area contributed by atoms with Gasteiger partial charge in [-0.05, 0) is 42.9 Å². The summed E-state index contributed by atoms with van der Waals surface area (Å²) in [6.45, 7) is 1.34. The first-order valence-electron chi connectivity index (χ1n) is 8.41. The molecule has 3 rings (SSSR count). The fraction of sp³-hybridized carbons (Fsp3) is 0.588. The zero-order valence-corrected chi connectivity index (χ0v) is 16.8. The van der Waals surface area contributed by atoms with Crippen LogP contribution in [0.15, 0.2) is 23.1 Å². The van der Waals surface area contributed by atoms with E-state index in [1.165, 1.54) is 33.3 Å². The van der Waals surface area contributed by atoms with Gasteiger partial charge in [-0.2, -0.15) is 0 Å². The second-order valence-electron chi connectivity index (χ2n) is 7.03. The third-order valence-corrected chi connectivity index (χ3v) is 7.21. The summed E-state index contributed by atoms with van der Waals surface area (Å²) in [4.78, 5) is 14.7. The molecule has 2 N–H and O–H groups in total. The molecule has 0 bridgehead atoms. The van der Waals surface area contributed by atoms with Crippen LogP contribution in [-0.2, 0) is 10.0 Å². The number of amides is 1. The van der Waals surface area contributed by atoms with Crippen LogP contribution in [0.3, 0.4) is 0 Å². The molecule has 146 valence electrons. The number of halogens is 1. The lowest BCUT2D eigenvalue weighted by Gasteiger charge is -2.20. The Kier molecular flexibility index (Phi) is 6.22. The molecule has 1 saturated carbocycles. The van der Waals surface area contributed by atoms with Gasteiger partial charge in [0.2, 0.25) is 10.0 Å². The van der Waals surface area contributed by atoms with Crippen LogP contribution in [-0.4, -0.2) is 63.9 Å². The molecule has 1 aliphatic carbocycles. The summed E-state index contributed by atoms with van der Waals surface area (Å²) in [6, 6.07) is 4.71. The fourth-order valence-corrected chi connectivity index (χ4v) is 4.94. The number of carbonyl (C=O) groups excluding carboxylic acids is 1. The van der Waals surface area contributed by atoms with Gasteiger partial charge in [0, 0.05) is 38.8 Å². The maximum Gasteiger partial charge on any atom is 0.253 e. The molecule has 1 heterocycles. The summed E-state index contributed by atoms with van der Waals surface area (Å²) < 4.78 is 31.3. The average Bonchev–Trinajstić information content (AvgIpc) is 3.15. The molecule has 1 aromatic rings. The van der Waals surface area contributed by atoms with Gasteiger partial charge in [0.1, 0.15) is 10.6 Å². The highest BCUT2D eigenvalue weighted by Gasteiger charge is 2.42. The van der Waals surface area contributed by atoms with Gasteiger partial charge < -0.3 is 15.4 Å². The van der Waals surface area contributed by atoms with Crippen molar-refractivity contribution in [3.63, 3.8) is 0 Å². The van der Waals surface area contributed by atoms with Gasteiger partial charge >= 0.3 is 0 Å². The first-order chi connectivity index (χ1) is 11.8. The summed E-state index contributed by atoms with van der Waals surface area (Å²) in [5.41, 5.74) is 6.49. The monoisotopic (exact) mass is 403 g/mol. The van der Waals surface area contributed by atoms with E-state index in [1.807, 2.05) is 0 Å². The van der Waals surface area contributed by atoms with E-state index in [9.17, 15) is 13.2 Å². The highest BCUT2D eigenvalue weighted by molar-refractivity contribution is 7.89. The molecule has 7 nitrogen and oxygen atoms in total. The van der Waals surface area contributed by atoms with Gasteiger partial charge in [0.05, 0.1) is 7.11 Å². The average molecular weight is 404 g/mol. The van der Waals surface area contributed by atoms with Crippen molar-refractivity contribution in [2.24, 2.45) is 17.6 Å². The van der Waals surface area contributed by atoms with E-state index in [4.69, 9.17) is 10.5 Å². The predicted molar refractivity (Wildman–Crippen MR) is 101 cm³/mol. The van der Waals surface area contributed by atoms with Gasteiger partial charge in [-0.15, -0.1) is 12.4 Å². The number of rotatable bonds is 4. The molecule has 0 spiro atoms. The van der Waals surface area contributed by atoms with Crippen molar-refractivity contribution in [3.05, 3.63) is 23.8 Å². The Morgan fingerprint density at radius 2 is 1.96 bits per heavy atom. The molecular weight excluding hydrogens is 378 g/mol. The molecular formula is C17H26ClN3O4S. The number of nitrogens with two attached hydrogens (primary N) is 1. The van der Waals surface area contributed by atoms with Gasteiger partial charge in [0.25, 0.3) is 5.91 Å². The minimum Gasteiger partial charge on any atom is -0.495 e. The second-order valence-corrected chi connectivity index (χ2v) is 9.15. The van der Waals surface area contributed by atoms with Crippen molar-refractivity contribution in [1.29, 1.82) is 0 Å². The lowest BCUT2D eigenvalue weighted by atomic mass is 9.98. The molecule has 9 heteroatoms. The number of hydrogen-bond donors (Lipinski definition) is 1. The maximum atomic E-state index is 12.9. The number of hydrogen-bond acceptors (Lipinski definition) is 5. The van der Waals surface area contributed by atoms with E-state index >= 15 is 0 Å². The zero-order valence-electron chi connectivity index (χ0n) is 15.2. The predicted octanol–water partition coefficient (Wildman–Crippen LogP) is 1.18. The van der Waals surface area contributed by atoms with Crippen LogP contribution in [0.1, 0.15) is 23.2 Å². The van der Waals surface area contributed by atoms with Crippen molar-refractivity contribution >= 4 is 28.3 Å². The SMILES string of the molecule is COc1ccc(C(=O)N2CC3CCC(N)C3C2)cc1S(=O)(=O)N(C)C.Cl. The first kappa shape index (κ1) is 21.0. The number of methoxy groups -OCH3 is 1. The van der Waals surface area contributed by atoms with E-state index in [2.05, 4.69) is 0 Å². The molecule has 3 unspecified atom stereocenters. The summed E-state index contributed by atoms with van der Waals surface area (Å²) in [5.74, 6) is 0.888. The number of likely N-dealkylation sites (tertiary alicyclic amines) is 1.